The van der Waals surface area contributed by atoms with Crippen LogP contribution in [0.15, 0.2) is 0 Å². The summed E-state index contributed by atoms with van der Waals surface area (Å²) in [5.74, 6) is 3.19. The van der Waals surface area contributed by atoms with Gasteiger partial charge < -0.3 is 5.11 Å². The first kappa shape index (κ1) is 11.5. The van der Waals surface area contributed by atoms with Gasteiger partial charge in [-0.3, -0.25) is 14.8 Å². The minimum absolute atomic E-state index is 0.122. The number of carbonyl (C=O) groups is 2. The number of amides is 1. The molecule has 0 aromatic rings. The molecule has 0 aliphatic carbocycles. The molecule has 0 saturated carbocycles. The Labute approximate surface area is 75.9 Å². The van der Waals surface area contributed by atoms with Crippen molar-refractivity contribution < 1.29 is 19.9 Å². The van der Waals surface area contributed by atoms with Gasteiger partial charge in [0.2, 0.25) is 6.41 Å². The molecule has 2 N–H and O–H groups in total. The topological polar surface area (TPSA) is 77.8 Å². The van der Waals surface area contributed by atoms with Crippen molar-refractivity contribution in [2.75, 3.05) is 6.54 Å². The molecule has 0 unspecified atom stereocenters. The van der Waals surface area contributed by atoms with Gasteiger partial charge in [-0.05, 0) is 6.92 Å². The molecule has 1 atom stereocenters. The summed E-state index contributed by atoms with van der Waals surface area (Å²) in [6, 6.07) is 0. The van der Waals surface area contributed by atoms with E-state index in [0.29, 0.717) is 5.06 Å². The lowest BCUT2D eigenvalue weighted by Gasteiger charge is -2.13. The van der Waals surface area contributed by atoms with E-state index >= 15 is 0 Å². The normalized spacial score (nSPS) is 10.9. The number of carbonyl (C=O) groups excluding carboxylic acids is 1. The monoisotopic (exact) mass is 185 g/mol. The molecule has 0 aromatic heterocycles. The van der Waals surface area contributed by atoms with Crippen LogP contribution in [-0.2, 0) is 9.59 Å². The second-order valence-electron chi connectivity index (χ2n) is 2.39. The highest BCUT2D eigenvalue weighted by molar-refractivity contribution is 5.71. The fourth-order valence-corrected chi connectivity index (χ4v) is 0.724. The number of carboxylic acid groups (broad SMARTS) is 1. The first-order valence-electron chi connectivity index (χ1n) is 3.65. The van der Waals surface area contributed by atoms with Crippen LogP contribution in [0.4, 0.5) is 0 Å². The van der Waals surface area contributed by atoms with Crippen molar-refractivity contribution in [3.8, 4) is 11.8 Å². The van der Waals surface area contributed by atoms with Gasteiger partial charge in [-0.25, -0.2) is 5.06 Å². The zero-order valence-corrected chi connectivity index (χ0v) is 7.23. The minimum atomic E-state index is -1.08. The average Bonchev–Trinajstić information content (AvgIpc) is 2.11. The molecule has 0 rings (SSSR count). The van der Waals surface area contributed by atoms with Gasteiger partial charge in [-0.2, -0.15) is 0 Å². The maximum atomic E-state index is 10.5. The molecule has 0 fully saturated rings. The highest BCUT2D eigenvalue weighted by Gasteiger charge is 2.18. The molecule has 5 heteroatoms. The Morgan fingerprint density at radius 3 is 2.69 bits per heavy atom. The highest BCUT2D eigenvalue weighted by Crippen LogP contribution is 2.03. The number of aliphatic carboxylic acids is 1. The molecule has 0 aliphatic heterocycles. The predicted molar refractivity (Wildman–Crippen MR) is 43.7 cm³/mol. The Kier molecular flexibility index (Phi) is 5.32. The third kappa shape index (κ3) is 4.82. The van der Waals surface area contributed by atoms with E-state index in [4.69, 9.17) is 10.3 Å². The third-order valence-corrected chi connectivity index (χ3v) is 1.40. The molecule has 5 nitrogen and oxygen atoms in total. The summed E-state index contributed by atoms with van der Waals surface area (Å²) in [4.78, 5) is 20.5. The van der Waals surface area contributed by atoms with E-state index in [-0.39, 0.29) is 19.4 Å². The second kappa shape index (κ2) is 6.03. The Morgan fingerprint density at radius 1 is 1.69 bits per heavy atom. The SMILES string of the molecule is CC#CC[C@H](CN(O)C=O)C(=O)O. The smallest absolute Gasteiger partial charge is 0.309 e. The van der Waals surface area contributed by atoms with Crippen LogP contribution in [0.3, 0.4) is 0 Å². The molecule has 0 heterocycles. The van der Waals surface area contributed by atoms with Crippen molar-refractivity contribution >= 4 is 12.4 Å². The second-order valence-corrected chi connectivity index (χ2v) is 2.39. The first-order chi connectivity index (χ1) is 6.11. The standard InChI is InChI=1S/C8H11NO4/c1-2-3-4-7(8(11)12)5-9(13)6-10/h6-7,13H,4-5H2,1H3,(H,11,12)/t7-/m1/s1. The molecule has 1 amide bonds. The maximum Gasteiger partial charge on any atom is 0.309 e. The molecule has 0 bridgehead atoms. The number of hydroxylamine groups is 2. The fraction of sp³-hybridized carbons (Fsp3) is 0.500. The van der Waals surface area contributed by atoms with Crippen LogP contribution in [0.25, 0.3) is 0 Å². The largest absolute Gasteiger partial charge is 0.481 e. The fourth-order valence-electron chi connectivity index (χ4n) is 0.724. The lowest BCUT2D eigenvalue weighted by Crippen LogP contribution is -2.29. The summed E-state index contributed by atoms with van der Waals surface area (Å²) in [5, 5.41) is 17.7. The summed E-state index contributed by atoms with van der Waals surface area (Å²) in [5.41, 5.74) is 0. The van der Waals surface area contributed by atoms with Crippen molar-refractivity contribution in [1.82, 2.24) is 5.06 Å². The van der Waals surface area contributed by atoms with Crippen LogP contribution in [0.5, 0.6) is 0 Å². The van der Waals surface area contributed by atoms with Crippen LogP contribution in [0.2, 0.25) is 0 Å². The van der Waals surface area contributed by atoms with E-state index < -0.39 is 11.9 Å². The lowest BCUT2D eigenvalue weighted by atomic mass is 10.1. The van der Waals surface area contributed by atoms with Gasteiger partial charge in [0.25, 0.3) is 0 Å². The predicted octanol–water partition coefficient (Wildman–Crippen LogP) is -0.0518. The van der Waals surface area contributed by atoms with Gasteiger partial charge in [0.15, 0.2) is 0 Å². The molecule has 0 aliphatic rings. The van der Waals surface area contributed by atoms with Gasteiger partial charge in [-0.1, -0.05) is 0 Å². The van der Waals surface area contributed by atoms with Crippen LogP contribution >= 0.6 is 0 Å². The summed E-state index contributed by atoms with van der Waals surface area (Å²) < 4.78 is 0. The number of nitrogens with zero attached hydrogens (tertiary/aromatic N) is 1. The minimum Gasteiger partial charge on any atom is -0.481 e. The number of hydrogen-bond donors (Lipinski definition) is 2. The zero-order valence-electron chi connectivity index (χ0n) is 7.23. The van der Waals surface area contributed by atoms with Gasteiger partial charge in [-0.15, -0.1) is 11.8 Å². The highest BCUT2D eigenvalue weighted by atomic mass is 16.5. The third-order valence-electron chi connectivity index (χ3n) is 1.40. The van der Waals surface area contributed by atoms with Crippen LogP contribution in [-0.4, -0.2) is 34.3 Å². The lowest BCUT2D eigenvalue weighted by molar-refractivity contribution is -0.158. The maximum absolute atomic E-state index is 10.5. The summed E-state index contributed by atoms with van der Waals surface area (Å²) in [6.07, 6.45) is 0.284. The molecule has 0 saturated heterocycles. The van der Waals surface area contributed by atoms with E-state index in [1.807, 2.05) is 0 Å². The Balaban J connectivity index is 4.14. The molecule has 0 spiro atoms. The van der Waals surface area contributed by atoms with Crippen molar-refractivity contribution in [2.45, 2.75) is 13.3 Å². The van der Waals surface area contributed by atoms with E-state index in [1.54, 1.807) is 6.92 Å². The summed E-state index contributed by atoms with van der Waals surface area (Å²) >= 11 is 0. The van der Waals surface area contributed by atoms with E-state index in [0.717, 1.165) is 0 Å². The van der Waals surface area contributed by atoms with Crippen molar-refractivity contribution in [1.29, 1.82) is 0 Å². The average molecular weight is 185 g/mol. The number of rotatable bonds is 5. The van der Waals surface area contributed by atoms with E-state index in [2.05, 4.69) is 11.8 Å². The Bertz CT molecular complexity index is 240. The van der Waals surface area contributed by atoms with E-state index in [1.165, 1.54) is 0 Å². The van der Waals surface area contributed by atoms with Gasteiger partial charge >= 0.3 is 5.97 Å². The number of hydrogen-bond acceptors (Lipinski definition) is 3. The van der Waals surface area contributed by atoms with Gasteiger partial charge in [0.1, 0.15) is 0 Å². The molecule has 0 aromatic carbocycles. The Morgan fingerprint density at radius 2 is 2.31 bits per heavy atom. The molecule has 13 heavy (non-hydrogen) atoms. The quantitative estimate of drug-likeness (QED) is 0.272. The van der Waals surface area contributed by atoms with Crippen molar-refractivity contribution in [3.63, 3.8) is 0 Å². The van der Waals surface area contributed by atoms with Crippen LogP contribution in [0.1, 0.15) is 13.3 Å². The molecular formula is C8H11NO4. The first-order valence-corrected chi connectivity index (χ1v) is 3.65. The Hall–Kier alpha value is -1.54. The van der Waals surface area contributed by atoms with Crippen LogP contribution < -0.4 is 0 Å². The van der Waals surface area contributed by atoms with Crippen molar-refractivity contribution in [2.24, 2.45) is 5.92 Å². The molecular weight excluding hydrogens is 174 g/mol. The van der Waals surface area contributed by atoms with Crippen LogP contribution in [0, 0.1) is 17.8 Å². The molecule has 72 valence electrons. The van der Waals surface area contributed by atoms with Crippen molar-refractivity contribution in [3.05, 3.63) is 0 Å². The zero-order chi connectivity index (χ0) is 10.3. The van der Waals surface area contributed by atoms with Gasteiger partial charge in [0, 0.05) is 6.42 Å². The summed E-state index contributed by atoms with van der Waals surface area (Å²) in [7, 11) is 0. The van der Waals surface area contributed by atoms with E-state index in [9.17, 15) is 9.59 Å². The summed E-state index contributed by atoms with van der Waals surface area (Å²) in [6.45, 7) is 1.35. The van der Waals surface area contributed by atoms with Gasteiger partial charge in [0.05, 0.1) is 12.5 Å². The molecule has 0 radical (unpaired) electrons. The number of carboxylic acids is 1.